The van der Waals surface area contributed by atoms with Gasteiger partial charge in [0.2, 0.25) is 5.91 Å². The Bertz CT molecular complexity index is 864. The van der Waals surface area contributed by atoms with E-state index in [9.17, 15) is 9.59 Å². The first-order chi connectivity index (χ1) is 14.1. The Morgan fingerprint density at radius 1 is 1.00 bits per heavy atom. The first kappa shape index (κ1) is 19.7. The molecule has 0 spiro atoms. The zero-order valence-electron chi connectivity index (χ0n) is 17.1. The maximum absolute atomic E-state index is 13.3. The van der Waals surface area contributed by atoms with Crippen LogP contribution in [0.25, 0.3) is 0 Å². The molecule has 1 N–H and O–H groups in total. The molecule has 2 amide bonds. The lowest BCUT2D eigenvalue weighted by Gasteiger charge is -2.33. The molecule has 1 aliphatic heterocycles. The Labute approximate surface area is 173 Å². The highest BCUT2D eigenvalue weighted by Gasteiger charge is 2.47. The molecule has 29 heavy (non-hydrogen) atoms. The molecule has 0 aromatic heterocycles. The van der Waals surface area contributed by atoms with Crippen molar-refractivity contribution in [2.24, 2.45) is 5.92 Å². The average molecular weight is 391 g/mol. The van der Waals surface area contributed by atoms with Gasteiger partial charge in [-0.2, -0.15) is 0 Å². The minimum absolute atomic E-state index is 0.000876. The number of rotatable bonds is 5. The number of amides is 2. The summed E-state index contributed by atoms with van der Waals surface area (Å²) in [6.45, 7) is 2.70. The van der Waals surface area contributed by atoms with Crippen molar-refractivity contribution in [1.82, 2.24) is 10.2 Å². The molecule has 2 fully saturated rings. The minimum Gasteiger partial charge on any atom is -0.354 e. The van der Waals surface area contributed by atoms with E-state index in [2.05, 4.69) is 24.4 Å². The van der Waals surface area contributed by atoms with Crippen molar-refractivity contribution < 1.29 is 9.59 Å². The van der Waals surface area contributed by atoms with E-state index >= 15 is 0 Å². The maximum Gasteiger partial charge on any atom is 0.254 e. The van der Waals surface area contributed by atoms with Gasteiger partial charge in [-0.05, 0) is 61.8 Å². The molecule has 2 aromatic rings. The maximum atomic E-state index is 13.3. The second-order valence-corrected chi connectivity index (χ2v) is 8.41. The van der Waals surface area contributed by atoms with Crippen LogP contribution in [0.1, 0.15) is 53.6 Å². The van der Waals surface area contributed by atoms with Gasteiger partial charge in [0, 0.05) is 18.2 Å². The average Bonchev–Trinajstić information content (AvgIpc) is 3.15. The highest BCUT2D eigenvalue weighted by atomic mass is 16.2. The molecule has 3 unspecified atom stereocenters. The summed E-state index contributed by atoms with van der Waals surface area (Å²) >= 11 is 0. The van der Waals surface area contributed by atoms with E-state index in [0.29, 0.717) is 18.0 Å². The number of carbonyl (C=O) groups excluding carboxylic acids is 2. The van der Waals surface area contributed by atoms with Gasteiger partial charge in [-0.1, -0.05) is 55.3 Å². The normalized spacial score (nSPS) is 23.5. The van der Waals surface area contributed by atoms with E-state index in [4.69, 9.17) is 0 Å². The molecular weight excluding hydrogens is 360 g/mol. The fourth-order valence-corrected chi connectivity index (χ4v) is 5.04. The topological polar surface area (TPSA) is 49.4 Å². The summed E-state index contributed by atoms with van der Waals surface area (Å²) in [5.41, 5.74) is 3.18. The molecule has 1 aliphatic carbocycles. The number of hydrogen-bond acceptors (Lipinski definition) is 2. The van der Waals surface area contributed by atoms with Gasteiger partial charge in [-0.3, -0.25) is 9.59 Å². The molecule has 1 saturated heterocycles. The van der Waals surface area contributed by atoms with E-state index in [0.717, 1.165) is 32.1 Å². The summed E-state index contributed by atoms with van der Waals surface area (Å²) in [7, 11) is 0. The lowest BCUT2D eigenvalue weighted by Crippen LogP contribution is -2.49. The third-order valence-electron chi connectivity index (χ3n) is 6.60. The van der Waals surface area contributed by atoms with Crippen molar-refractivity contribution in [3.05, 3.63) is 71.3 Å². The second-order valence-electron chi connectivity index (χ2n) is 8.41. The smallest absolute Gasteiger partial charge is 0.254 e. The van der Waals surface area contributed by atoms with Gasteiger partial charge in [0.1, 0.15) is 6.04 Å². The number of nitrogens with one attached hydrogen (secondary N) is 1. The minimum atomic E-state index is -0.354. The Morgan fingerprint density at radius 2 is 1.72 bits per heavy atom. The predicted molar refractivity (Wildman–Crippen MR) is 115 cm³/mol. The fraction of sp³-hybridized carbons (Fsp3) is 0.440. The zero-order valence-corrected chi connectivity index (χ0v) is 17.1. The number of hydrogen-bond donors (Lipinski definition) is 1. The predicted octanol–water partition coefficient (Wildman–Crippen LogP) is 4.13. The van der Waals surface area contributed by atoms with E-state index < -0.39 is 0 Å². The molecule has 4 heteroatoms. The summed E-state index contributed by atoms with van der Waals surface area (Å²) in [6, 6.07) is 17.5. The van der Waals surface area contributed by atoms with Gasteiger partial charge in [-0.25, -0.2) is 0 Å². The first-order valence-corrected chi connectivity index (χ1v) is 10.8. The second kappa shape index (κ2) is 8.81. The summed E-state index contributed by atoms with van der Waals surface area (Å²) in [5.74, 6) is 0.444. The van der Waals surface area contributed by atoms with Crippen molar-refractivity contribution in [3.8, 4) is 0 Å². The van der Waals surface area contributed by atoms with E-state index in [1.807, 2.05) is 47.4 Å². The molecule has 2 aliphatic rings. The highest BCUT2D eigenvalue weighted by molar-refractivity contribution is 5.98. The molecule has 1 saturated carbocycles. The number of aryl methyl sites for hydroxylation is 1. The zero-order chi connectivity index (χ0) is 20.2. The molecule has 152 valence electrons. The van der Waals surface area contributed by atoms with Gasteiger partial charge >= 0.3 is 0 Å². The van der Waals surface area contributed by atoms with Gasteiger partial charge in [0.25, 0.3) is 5.91 Å². The summed E-state index contributed by atoms with van der Waals surface area (Å²) < 4.78 is 0. The third kappa shape index (κ3) is 4.21. The van der Waals surface area contributed by atoms with Crippen LogP contribution in [0.3, 0.4) is 0 Å². The number of likely N-dealkylation sites (tertiary alicyclic amines) is 1. The summed E-state index contributed by atoms with van der Waals surface area (Å²) in [5, 5.41) is 3.11. The van der Waals surface area contributed by atoms with E-state index in [1.165, 1.54) is 17.5 Å². The number of nitrogens with zero attached hydrogens (tertiary/aromatic N) is 1. The van der Waals surface area contributed by atoms with Crippen LogP contribution >= 0.6 is 0 Å². The quantitative estimate of drug-likeness (QED) is 0.835. The molecule has 0 bridgehead atoms. The van der Waals surface area contributed by atoms with Gasteiger partial charge in [0.15, 0.2) is 0 Å². The highest BCUT2D eigenvalue weighted by Crippen LogP contribution is 2.40. The lowest BCUT2D eigenvalue weighted by molar-refractivity contribution is -0.125. The van der Waals surface area contributed by atoms with E-state index in [-0.39, 0.29) is 23.9 Å². The molecule has 2 aromatic carbocycles. The van der Waals surface area contributed by atoms with Gasteiger partial charge < -0.3 is 10.2 Å². The Morgan fingerprint density at radius 3 is 2.52 bits per heavy atom. The molecule has 4 nitrogen and oxygen atoms in total. The van der Waals surface area contributed by atoms with Gasteiger partial charge in [-0.15, -0.1) is 0 Å². The van der Waals surface area contributed by atoms with Crippen molar-refractivity contribution in [2.75, 3.05) is 6.54 Å². The Kier molecular flexibility index (Phi) is 5.98. The summed E-state index contributed by atoms with van der Waals surface area (Å²) in [6.07, 6.45) is 6.08. The third-order valence-corrected chi connectivity index (χ3v) is 6.60. The molecular formula is C25H30N2O2. The van der Waals surface area contributed by atoms with Gasteiger partial charge in [0.05, 0.1) is 0 Å². The van der Waals surface area contributed by atoms with E-state index in [1.54, 1.807) is 0 Å². The summed E-state index contributed by atoms with van der Waals surface area (Å²) in [4.78, 5) is 28.3. The van der Waals surface area contributed by atoms with Crippen molar-refractivity contribution in [1.29, 1.82) is 0 Å². The first-order valence-electron chi connectivity index (χ1n) is 10.8. The fourth-order valence-electron chi connectivity index (χ4n) is 5.04. The Hall–Kier alpha value is -2.62. The number of fused-ring (bicyclic) bond motifs is 1. The standard InChI is InChI=1S/C25H30N2O2/c1-18-9-5-6-10-19(18)15-16-26-24(28)23-17-21-13-7-8-14-22(21)27(23)25(29)20-11-3-2-4-12-20/h2-6,9-12,21-23H,7-8,13-17H2,1H3,(H,26,28). The van der Waals surface area contributed by atoms with Crippen LogP contribution in [-0.4, -0.2) is 35.3 Å². The molecule has 3 atom stereocenters. The van der Waals surface area contributed by atoms with Crippen LogP contribution in [0.5, 0.6) is 0 Å². The molecule has 0 radical (unpaired) electrons. The Balaban J connectivity index is 1.47. The lowest BCUT2D eigenvalue weighted by atomic mass is 9.84. The monoisotopic (exact) mass is 390 g/mol. The van der Waals surface area contributed by atoms with Crippen LogP contribution in [0, 0.1) is 12.8 Å². The molecule has 4 rings (SSSR count). The van der Waals surface area contributed by atoms with Crippen molar-refractivity contribution >= 4 is 11.8 Å². The van der Waals surface area contributed by atoms with Crippen LogP contribution in [0.2, 0.25) is 0 Å². The number of carbonyl (C=O) groups is 2. The SMILES string of the molecule is Cc1ccccc1CCNC(=O)C1CC2CCCCC2N1C(=O)c1ccccc1. The van der Waals surface area contributed by atoms with Crippen LogP contribution in [0.4, 0.5) is 0 Å². The van der Waals surface area contributed by atoms with Crippen LogP contribution in [0.15, 0.2) is 54.6 Å². The van der Waals surface area contributed by atoms with Crippen LogP contribution in [-0.2, 0) is 11.2 Å². The molecule has 1 heterocycles. The van der Waals surface area contributed by atoms with Crippen LogP contribution < -0.4 is 5.32 Å². The van der Waals surface area contributed by atoms with Crippen molar-refractivity contribution in [3.63, 3.8) is 0 Å². The number of benzene rings is 2. The largest absolute Gasteiger partial charge is 0.354 e. The van der Waals surface area contributed by atoms with Crippen molar-refractivity contribution in [2.45, 2.75) is 57.5 Å².